The van der Waals surface area contributed by atoms with Gasteiger partial charge in [0.1, 0.15) is 0 Å². The van der Waals surface area contributed by atoms with Crippen LogP contribution in [-0.2, 0) is 9.53 Å². The van der Waals surface area contributed by atoms with Crippen LogP contribution in [0.1, 0.15) is 37.0 Å². The maximum Gasteiger partial charge on any atom is 0.333 e. The van der Waals surface area contributed by atoms with Crippen molar-refractivity contribution in [1.29, 1.82) is 0 Å². The van der Waals surface area contributed by atoms with Gasteiger partial charge in [0.15, 0.2) is 23.2 Å². The lowest BCUT2D eigenvalue weighted by Gasteiger charge is -2.44. The van der Waals surface area contributed by atoms with Crippen LogP contribution in [0.25, 0.3) is 0 Å². The maximum absolute atomic E-state index is 14.4. The Labute approximate surface area is 145 Å². The Hall–Kier alpha value is -1.57. The molecule has 2 atom stereocenters. The average Bonchev–Trinajstić information content (AvgIpc) is 3.37. The number of nitrogens with zero attached hydrogens (tertiary/aromatic N) is 1. The van der Waals surface area contributed by atoms with Gasteiger partial charge < -0.3 is 9.64 Å². The van der Waals surface area contributed by atoms with Crippen molar-refractivity contribution in [3.8, 4) is 0 Å². The van der Waals surface area contributed by atoms with Gasteiger partial charge in [0, 0.05) is 11.6 Å². The predicted molar refractivity (Wildman–Crippen MR) is 83.9 cm³/mol. The molecule has 0 aromatic heterocycles. The third kappa shape index (κ3) is 2.26. The monoisotopic (exact) mass is 405 g/mol. The first-order chi connectivity index (χ1) is 11.2. The summed E-state index contributed by atoms with van der Waals surface area (Å²) in [6, 6.07) is -0.312. The zero-order chi connectivity index (χ0) is 17.8. The van der Waals surface area contributed by atoms with Gasteiger partial charge in [-0.2, -0.15) is 0 Å². The van der Waals surface area contributed by atoms with E-state index in [9.17, 15) is 22.8 Å². The van der Waals surface area contributed by atoms with Crippen molar-refractivity contribution < 1.29 is 27.5 Å². The summed E-state index contributed by atoms with van der Waals surface area (Å²) in [5.41, 5.74) is -0.644. The molecule has 1 aliphatic carbocycles. The zero-order valence-corrected chi connectivity index (χ0v) is 14.6. The highest BCUT2D eigenvalue weighted by atomic mass is 79.9. The van der Waals surface area contributed by atoms with Gasteiger partial charge >= 0.3 is 5.97 Å². The van der Waals surface area contributed by atoms with E-state index in [2.05, 4.69) is 15.9 Å². The molecule has 0 radical (unpaired) electrons. The van der Waals surface area contributed by atoms with E-state index >= 15 is 0 Å². The Kier molecular flexibility index (Phi) is 4.14. The van der Waals surface area contributed by atoms with Crippen molar-refractivity contribution >= 4 is 33.4 Å². The SMILES string of the molecule is CCOC(=O)C1(Br)C(=O)c2cc(F)c(F)c(F)c2N(C2CC2)C1C. The number of Topliss-reactive ketones (excluding diaryl/α,β-unsaturated/α-hetero) is 1. The Balaban J connectivity index is 2.24. The van der Waals surface area contributed by atoms with E-state index in [0.717, 1.165) is 0 Å². The van der Waals surface area contributed by atoms with E-state index in [1.54, 1.807) is 13.8 Å². The minimum Gasteiger partial charge on any atom is -0.465 e. The second kappa shape index (κ2) is 5.75. The van der Waals surface area contributed by atoms with Crippen LogP contribution in [0.5, 0.6) is 0 Å². The highest BCUT2D eigenvalue weighted by molar-refractivity contribution is 9.10. The smallest absolute Gasteiger partial charge is 0.333 e. The van der Waals surface area contributed by atoms with Gasteiger partial charge in [0.25, 0.3) is 0 Å². The number of anilines is 1. The van der Waals surface area contributed by atoms with Gasteiger partial charge in [0.2, 0.25) is 4.32 Å². The topological polar surface area (TPSA) is 46.6 Å². The summed E-state index contributed by atoms with van der Waals surface area (Å²) in [7, 11) is 0. The molecule has 24 heavy (non-hydrogen) atoms. The number of esters is 1. The number of alkyl halides is 1. The number of carbonyl (C=O) groups is 2. The first kappa shape index (κ1) is 17.3. The molecule has 2 unspecified atom stereocenters. The molecule has 1 heterocycles. The predicted octanol–water partition coefficient (Wildman–Crippen LogP) is 3.35. The number of benzene rings is 1. The number of fused-ring (bicyclic) bond motifs is 1. The Bertz CT molecular complexity index is 738. The number of rotatable bonds is 3. The number of hydrogen-bond acceptors (Lipinski definition) is 4. The molecule has 3 rings (SSSR count). The van der Waals surface area contributed by atoms with Crippen molar-refractivity contribution in [2.75, 3.05) is 11.5 Å². The third-order valence-electron chi connectivity index (χ3n) is 4.48. The van der Waals surface area contributed by atoms with Crippen molar-refractivity contribution in [2.45, 2.75) is 43.1 Å². The van der Waals surface area contributed by atoms with E-state index in [1.807, 2.05) is 0 Å². The number of hydrogen-bond donors (Lipinski definition) is 0. The molecule has 1 aromatic carbocycles. The van der Waals surface area contributed by atoms with Gasteiger partial charge in [-0.3, -0.25) is 4.79 Å². The second-order valence-corrected chi connectivity index (χ2v) is 7.21. The van der Waals surface area contributed by atoms with Crippen LogP contribution in [0.2, 0.25) is 0 Å². The number of halogens is 4. The molecule has 4 nitrogen and oxygen atoms in total. The van der Waals surface area contributed by atoms with E-state index in [0.29, 0.717) is 18.9 Å². The van der Waals surface area contributed by atoms with Crippen LogP contribution in [0, 0.1) is 17.5 Å². The zero-order valence-electron chi connectivity index (χ0n) is 13.0. The molecule has 0 spiro atoms. The van der Waals surface area contributed by atoms with Crippen LogP contribution >= 0.6 is 15.9 Å². The van der Waals surface area contributed by atoms with Crippen LogP contribution < -0.4 is 4.90 Å². The van der Waals surface area contributed by atoms with Crippen LogP contribution in [-0.4, -0.2) is 34.8 Å². The van der Waals surface area contributed by atoms with Crippen molar-refractivity contribution in [3.63, 3.8) is 0 Å². The Morgan fingerprint density at radius 1 is 1.38 bits per heavy atom. The molecular weight excluding hydrogens is 391 g/mol. The van der Waals surface area contributed by atoms with E-state index in [-0.39, 0.29) is 23.9 Å². The van der Waals surface area contributed by atoms with Gasteiger partial charge in [-0.15, -0.1) is 0 Å². The average molecular weight is 406 g/mol. The fourth-order valence-corrected chi connectivity index (χ4v) is 3.68. The maximum atomic E-state index is 14.4. The molecule has 2 aliphatic rings. The van der Waals surface area contributed by atoms with E-state index in [4.69, 9.17) is 4.74 Å². The van der Waals surface area contributed by atoms with E-state index in [1.165, 1.54) is 4.90 Å². The largest absolute Gasteiger partial charge is 0.465 e. The van der Waals surface area contributed by atoms with E-state index < -0.39 is 39.6 Å². The summed E-state index contributed by atoms with van der Waals surface area (Å²) in [6.07, 6.45) is 1.42. The lowest BCUT2D eigenvalue weighted by Crippen LogP contribution is -2.61. The quantitative estimate of drug-likeness (QED) is 0.334. The van der Waals surface area contributed by atoms with Crippen molar-refractivity contribution in [2.24, 2.45) is 0 Å². The first-order valence-electron chi connectivity index (χ1n) is 7.61. The molecule has 0 N–H and O–H groups in total. The van der Waals surface area contributed by atoms with Gasteiger partial charge in [-0.25, -0.2) is 18.0 Å². The molecule has 8 heteroatoms. The molecular formula is C16H15BrF3NO3. The Morgan fingerprint density at radius 2 is 2.00 bits per heavy atom. The normalized spacial score (nSPS) is 26.3. The lowest BCUT2D eigenvalue weighted by molar-refractivity contribution is -0.144. The van der Waals surface area contributed by atoms with Crippen molar-refractivity contribution in [3.05, 3.63) is 29.1 Å². The van der Waals surface area contributed by atoms with Crippen LogP contribution in [0.15, 0.2) is 6.07 Å². The number of carbonyl (C=O) groups excluding carboxylic acids is 2. The summed E-state index contributed by atoms with van der Waals surface area (Å²) >= 11 is 3.16. The fourth-order valence-electron chi connectivity index (χ4n) is 3.13. The van der Waals surface area contributed by atoms with Gasteiger partial charge in [-0.1, -0.05) is 15.9 Å². The molecule has 1 aliphatic heterocycles. The summed E-state index contributed by atoms with van der Waals surface area (Å²) in [4.78, 5) is 26.7. The molecule has 1 aromatic rings. The molecule has 1 saturated carbocycles. The molecule has 1 fully saturated rings. The highest BCUT2D eigenvalue weighted by Gasteiger charge is 2.59. The fraction of sp³-hybridized carbons (Fsp3) is 0.500. The molecule has 0 bridgehead atoms. The minimum absolute atomic E-state index is 0.0502. The van der Waals surface area contributed by atoms with Gasteiger partial charge in [0.05, 0.1) is 18.3 Å². The number of ether oxygens (including phenoxy) is 1. The summed E-state index contributed by atoms with van der Waals surface area (Å²) in [5.74, 6) is -6.17. The first-order valence-corrected chi connectivity index (χ1v) is 8.41. The van der Waals surface area contributed by atoms with Crippen molar-refractivity contribution in [1.82, 2.24) is 0 Å². The third-order valence-corrected chi connectivity index (χ3v) is 5.82. The molecule has 0 amide bonds. The summed E-state index contributed by atoms with van der Waals surface area (Å²) in [5, 5.41) is 0. The molecule has 0 saturated heterocycles. The molecule has 130 valence electrons. The highest BCUT2D eigenvalue weighted by Crippen LogP contribution is 2.48. The second-order valence-electron chi connectivity index (χ2n) is 5.96. The summed E-state index contributed by atoms with van der Waals surface area (Å²) in [6.45, 7) is 3.20. The Morgan fingerprint density at radius 3 is 2.54 bits per heavy atom. The van der Waals surface area contributed by atoms with Gasteiger partial charge in [-0.05, 0) is 32.8 Å². The minimum atomic E-state index is -1.80. The lowest BCUT2D eigenvalue weighted by atomic mass is 9.84. The standard InChI is InChI=1S/C16H15BrF3NO3/c1-3-24-15(23)16(17)7(2)21(8-4-5-8)13-9(14(16)22)6-10(18)11(19)12(13)20/h6-8H,3-5H2,1-2H3. The van der Waals surface area contributed by atoms with Crippen LogP contribution in [0.3, 0.4) is 0 Å². The number of ketones is 1. The van der Waals surface area contributed by atoms with Crippen LogP contribution in [0.4, 0.5) is 18.9 Å². The summed E-state index contributed by atoms with van der Waals surface area (Å²) < 4.78 is 44.9.